The van der Waals surface area contributed by atoms with Crippen molar-refractivity contribution in [3.8, 4) is 0 Å². The Labute approximate surface area is 112 Å². The van der Waals surface area contributed by atoms with E-state index in [-0.39, 0.29) is 5.60 Å². The number of nitrogens with zero attached hydrogens (tertiary/aromatic N) is 1. The molecule has 0 aromatic heterocycles. The molecule has 3 nitrogen and oxygen atoms in total. The van der Waals surface area contributed by atoms with E-state index in [0.29, 0.717) is 0 Å². The molecule has 0 radical (unpaired) electrons. The van der Waals surface area contributed by atoms with Crippen molar-refractivity contribution >= 4 is 0 Å². The summed E-state index contributed by atoms with van der Waals surface area (Å²) in [4.78, 5) is 2.54. The first-order valence-electron chi connectivity index (χ1n) is 7.62. The number of piperidine rings is 1. The number of ether oxygens (including phenoxy) is 1. The third-order valence-electron chi connectivity index (χ3n) is 3.92. The van der Waals surface area contributed by atoms with Gasteiger partial charge < -0.3 is 15.0 Å². The molecule has 0 unspecified atom stereocenters. The number of hydrogen-bond acceptors (Lipinski definition) is 3. The topological polar surface area (TPSA) is 24.5 Å². The average molecular weight is 254 g/mol. The Morgan fingerprint density at radius 3 is 2.33 bits per heavy atom. The number of hydrogen-bond donors (Lipinski definition) is 1. The van der Waals surface area contributed by atoms with Crippen LogP contribution in [0, 0.1) is 5.92 Å². The lowest BCUT2D eigenvalue weighted by atomic mass is 10.0. The van der Waals surface area contributed by atoms with Crippen molar-refractivity contribution in [2.75, 3.05) is 32.8 Å². The highest BCUT2D eigenvalue weighted by Crippen LogP contribution is 2.28. The SMILES string of the molecule is CC(C)(C)OCCN1CCC(NCC2CC2)CC1. The van der Waals surface area contributed by atoms with E-state index in [4.69, 9.17) is 4.74 Å². The molecule has 2 aliphatic rings. The van der Waals surface area contributed by atoms with Gasteiger partial charge in [0.1, 0.15) is 0 Å². The van der Waals surface area contributed by atoms with Crippen LogP contribution in [0.4, 0.5) is 0 Å². The molecule has 1 aliphatic carbocycles. The van der Waals surface area contributed by atoms with Crippen LogP contribution in [-0.4, -0.2) is 49.3 Å². The lowest BCUT2D eigenvalue weighted by Crippen LogP contribution is -2.44. The molecular weight excluding hydrogens is 224 g/mol. The fourth-order valence-electron chi connectivity index (χ4n) is 2.50. The second kappa shape index (κ2) is 6.36. The molecule has 0 atom stereocenters. The van der Waals surface area contributed by atoms with Gasteiger partial charge in [0.15, 0.2) is 0 Å². The van der Waals surface area contributed by atoms with Crippen molar-refractivity contribution in [1.29, 1.82) is 0 Å². The van der Waals surface area contributed by atoms with Crippen molar-refractivity contribution in [1.82, 2.24) is 10.2 Å². The van der Waals surface area contributed by atoms with Gasteiger partial charge in [-0.2, -0.15) is 0 Å². The zero-order valence-electron chi connectivity index (χ0n) is 12.4. The number of rotatable bonds is 6. The van der Waals surface area contributed by atoms with E-state index >= 15 is 0 Å². The van der Waals surface area contributed by atoms with E-state index in [0.717, 1.165) is 25.1 Å². The van der Waals surface area contributed by atoms with E-state index in [2.05, 4.69) is 31.0 Å². The fourth-order valence-corrected chi connectivity index (χ4v) is 2.50. The number of likely N-dealkylation sites (tertiary alicyclic amines) is 1. The van der Waals surface area contributed by atoms with Crippen molar-refractivity contribution < 1.29 is 4.74 Å². The second-order valence-electron chi connectivity index (χ2n) is 6.93. The summed E-state index contributed by atoms with van der Waals surface area (Å²) >= 11 is 0. The molecule has 0 amide bonds. The van der Waals surface area contributed by atoms with Gasteiger partial charge in [-0.3, -0.25) is 0 Å². The molecule has 0 spiro atoms. The smallest absolute Gasteiger partial charge is 0.0600 e. The minimum atomic E-state index is 0.00411. The van der Waals surface area contributed by atoms with E-state index in [1.54, 1.807) is 0 Å². The molecule has 2 fully saturated rings. The molecule has 1 N–H and O–H groups in total. The highest BCUT2D eigenvalue weighted by Gasteiger charge is 2.24. The monoisotopic (exact) mass is 254 g/mol. The molecule has 1 saturated heterocycles. The number of nitrogens with one attached hydrogen (secondary N) is 1. The lowest BCUT2D eigenvalue weighted by molar-refractivity contribution is -0.0155. The minimum absolute atomic E-state index is 0.00411. The molecule has 0 aromatic carbocycles. The predicted molar refractivity (Wildman–Crippen MR) is 75.9 cm³/mol. The van der Waals surface area contributed by atoms with Crippen LogP contribution in [0.5, 0.6) is 0 Å². The highest BCUT2D eigenvalue weighted by molar-refractivity contribution is 4.81. The van der Waals surface area contributed by atoms with Gasteiger partial charge in [0.2, 0.25) is 0 Å². The highest BCUT2D eigenvalue weighted by atomic mass is 16.5. The van der Waals surface area contributed by atoms with Crippen LogP contribution in [0.25, 0.3) is 0 Å². The molecule has 106 valence electrons. The first-order valence-corrected chi connectivity index (χ1v) is 7.62. The molecule has 1 aliphatic heterocycles. The van der Waals surface area contributed by atoms with Gasteiger partial charge in [-0.1, -0.05) is 0 Å². The zero-order valence-corrected chi connectivity index (χ0v) is 12.4. The molecule has 1 saturated carbocycles. The quantitative estimate of drug-likeness (QED) is 0.787. The molecule has 3 heteroatoms. The first-order chi connectivity index (χ1) is 8.53. The lowest BCUT2D eigenvalue weighted by Gasteiger charge is -2.33. The summed E-state index contributed by atoms with van der Waals surface area (Å²) in [5.74, 6) is 1.00. The Morgan fingerprint density at radius 1 is 1.11 bits per heavy atom. The maximum Gasteiger partial charge on any atom is 0.0600 e. The van der Waals surface area contributed by atoms with Crippen LogP contribution in [0.15, 0.2) is 0 Å². The summed E-state index contributed by atoms with van der Waals surface area (Å²) in [6.07, 6.45) is 5.52. The molecule has 18 heavy (non-hydrogen) atoms. The van der Waals surface area contributed by atoms with Crippen molar-refractivity contribution in [3.05, 3.63) is 0 Å². The molecule has 0 bridgehead atoms. The summed E-state index contributed by atoms with van der Waals surface area (Å²) < 4.78 is 5.79. The van der Waals surface area contributed by atoms with Gasteiger partial charge in [0, 0.05) is 12.6 Å². The maximum absolute atomic E-state index is 5.79. The van der Waals surface area contributed by atoms with Crippen LogP contribution in [-0.2, 0) is 4.74 Å². The summed E-state index contributed by atoms with van der Waals surface area (Å²) in [7, 11) is 0. The largest absolute Gasteiger partial charge is 0.375 e. The van der Waals surface area contributed by atoms with E-state index < -0.39 is 0 Å². The Bertz CT molecular complexity index is 237. The molecule has 2 rings (SSSR count). The van der Waals surface area contributed by atoms with Gasteiger partial charge in [-0.05, 0) is 72.0 Å². The Kier molecular flexibility index (Phi) is 5.05. The summed E-state index contributed by atoms with van der Waals surface area (Å²) in [6, 6.07) is 0.769. The summed E-state index contributed by atoms with van der Waals surface area (Å²) in [5, 5.41) is 3.73. The summed E-state index contributed by atoms with van der Waals surface area (Å²) in [6.45, 7) is 12.1. The molecular formula is C15H30N2O. The maximum atomic E-state index is 5.79. The molecule has 0 aromatic rings. The van der Waals surface area contributed by atoms with Crippen LogP contribution in [0.2, 0.25) is 0 Å². The first kappa shape index (κ1) is 14.3. The standard InChI is InChI=1S/C15H30N2O/c1-15(2,3)18-11-10-17-8-6-14(7-9-17)16-12-13-4-5-13/h13-14,16H,4-12H2,1-3H3. The normalized spacial score (nSPS) is 23.5. The third-order valence-corrected chi connectivity index (χ3v) is 3.92. The Hall–Kier alpha value is -0.120. The summed E-state index contributed by atoms with van der Waals surface area (Å²) in [5.41, 5.74) is 0.00411. The zero-order chi connectivity index (χ0) is 13.0. The van der Waals surface area contributed by atoms with E-state index in [1.807, 2.05) is 0 Å². The van der Waals surface area contributed by atoms with E-state index in [9.17, 15) is 0 Å². The average Bonchev–Trinajstić information content (AvgIpc) is 3.10. The van der Waals surface area contributed by atoms with Crippen LogP contribution >= 0.6 is 0 Å². The molecule has 1 heterocycles. The van der Waals surface area contributed by atoms with Gasteiger partial charge in [-0.25, -0.2) is 0 Å². The van der Waals surface area contributed by atoms with E-state index in [1.165, 1.54) is 45.3 Å². The van der Waals surface area contributed by atoms with Crippen molar-refractivity contribution in [2.24, 2.45) is 5.92 Å². The van der Waals surface area contributed by atoms with Gasteiger partial charge in [0.05, 0.1) is 12.2 Å². The van der Waals surface area contributed by atoms with Crippen LogP contribution in [0.3, 0.4) is 0 Å². The second-order valence-corrected chi connectivity index (χ2v) is 6.93. The Balaban J connectivity index is 1.52. The Morgan fingerprint density at radius 2 is 1.78 bits per heavy atom. The van der Waals surface area contributed by atoms with Crippen molar-refractivity contribution in [3.63, 3.8) is 0 Å². The predicted octanol–water partition coefficient (Wildman–Crippen LogP) is 2.27. The van der Waals surface area contributed by atoms with Crippen molar-refractivity contribution in [2.45, 2.75) is 58.1 Å². The van der Waals surface area contributed by atoms with Gasteiger partial charge in [-0.15, -0.1) is 0 Å². The van der Waals surface area contributed by atoms with Crippen LogP contribution in [0.1, 0.15) is 46.5 Å². The third kappa shape index (κ3) is 5.68. The minimum Gasteiger partial charge on any atom is -0.375 e. The van der Waals surface area contributed by atoms with Gasteiger partial charge in [0.25, 0.3) is 0 Å². The van der Waals surface area contributed by atoms with Gasteiger partial charge >= 0.3 is 0 Å². The fraction of sp³-hybridized carbons (Fsp3) is 1.00. The van der Waals surface area contributed by atoms with Crippen LogP contribution < -0.4 is 5.32 Å².